The molecule has 2 aromatic rings. The molecule has 2 N–H and O–H groups in total. The van der Waals surface area contributed by atoms with Crippen molar-refractivity contribution in [2.24, 2.45) is 0 Å². The lowest BCUT2D eigenvalue weighted by atomic mass is 10.0. The van der Waals surface area contributed by atoms with E-state index in [2.05, 4.69) is 10.6 Å². The first kappa shape index (κ1) is 22.1. The fourth-order valence-electron chi connectivity index (χ4n) is 3.85. The lowest BCUT2D eigenvalue weighted by molar-refractivity contribution is -0.139. The van der Waals surface area contributed by atoms with Gasteiger partial charge >= 0.3 is 18.0 Å². The second-order valence-corrected chi connectivity index (χ2v) is 7.40. The van der Waals surface area contributed by atoms with Crippen LogP contribution in [0.4, 0.5) is 10.5 Å². The van der Waals surface area contributed by atoms with Crippen molar-refractivity contribution in [2.45, 2.75) is 25.8 Å². The van der Waals surface area contributed by atoms with E-state index < -0.39 is 24.0 Å². The highest BCUT2D eigenvalue weighted by Crippen LogP contribution is 2.29. The highest BCUT2D eigenvalue weighted by atomic mass is 16.5. The molecular formula is C23H23N3O7. The summed E-state index contributed by atoms with van der Waals surface area (Å²) in [5.74, 6) is -1.10. The Bertz CT molecular complexity index is 1110. The van der Waals surface area contributed by atoms with Crippen LogP contribution in [0.3, 0.4) is 0 Å². The molecule has 0 spiro atoms. The van der Waals surface area contributed by atoms with Gasteiger partial charge in [-0.3, -0.25) is 4.79 Å². The fraction of sp³-hybridized carbons (Fsp3) is 0.304. The third kappa shape index (κ3) is 4.59. The molecule has 3 heterocycles. The molecule has 0 bridgehead atoms. The number of hydrogen-bond acceptors (Lipinski definition) is 7. The van der Waals surface area contributed by atoms with Crippen molar-refractivity contribution in [1.82, 2.24) is 10.6 Å². The zero-order valence-corrected chi connectivity index (χ0v) is 18.0. The van der Waals surface area contributed by atoms with Gasteiger partial charge in [-0.05, 0) is 37.6 Å². The smallest absolute Gasteiger partial charge is 0.340 e. The van der Waals surface area contributed by atoms with Crippen molar-refractivity contribution < 1.29 is 33.1 Å². The van der Waals surface area contributed by atoms with E-state index in [9.17, 15) is 19.2 Å². The topological polar surface area (TPSA) is 127 Å². The summed E-state index contributed by atoms with van der Waals surface area (Å²) in [6.45, 7) is 1.91. The third-order valence-corrected chi connectivity index (χ3v) is 5.31. The van der Waals surface area contributed by atoms with Crippen molar-refractivity contribution in [3.8, 4) is 0 Å². The van der Waals surface area contributed by atoms with Crippen molar-refractivity contribution in [3.63, 3.8) is 0 Å². The van der Waals surface area contributed by atoms with Gasteiger partial charge < -0.3 is 29.4 Å². The molecule has 1 aromatic heterocycles. The van der Waals surface area contributed by atoms with E-state index in [-0.39, 0.29) is 36.0 Å². The van der Waals surface area contributed by atoms with Crippen LogP contribution < -0.4 is 15.5 Å². The molecule has 1 aromatic carbocycles. The molecule has 0 aliphatic carbocycles. The van der Waals surface area contributed by atoms with Crippen LogP contribution in [0, 0.1) is 0 Å². The number of ether oxygens (including phenoxy) is 2. The first-order valence-corrected chi connectivity index (χ1v) is 10.6. The van der Waals surface area contributed by atoms with Gasteiger partial charge in [0.1, 0.15) is 18.4 Å². The first-order chi connectivity index (χ1) is 16.0. The lowest BCUT2D eigenvalue weighted by Crippen LogP contribution is -2.47. The van der Waals surface area contributed by atoms with Gasteiger partial charge in [0, 0.05) is 13.0 Å². The molecule has 10 nitrogen and oxygen atoms in total. The number of amides is 3. The summed E-state index contributed by atoms with van der Waals surface area (Å²) < 4.78 is 16.0. The van der Waals surface area contributed by atoms with Crippen LogP contribution in [0.1, 0.15) is 41.9 Å². The number of nitrogens with zero attached hydrogens (tertiary/aromatic N) is 1. The Morgan fingerprint density at radius 2 is 1.94 bits per heavy atom. The highest BCUT2D eigenvalue weighted by molar-refractivity contribution is 6.03. The molecule has 4 rings (SSSR count). The number of carbonyl (C=O) groups is 4. The number of hydrogen-bond donors (Lipinski definition) is 2. The average Bonchev–Trinajstić information content (AvgIpc) is 3.49. The third-order valence-electron chi connectivity index (χ3n) is 5.31. The summed E-state index contributed by atoms with van der Waals surface area (Å²) in [7, 11) is 0. The normalized spacial score (nSPS) is 18.1. The molecule has 1 unspecified atom stereocenters. The van der Waals surface area contributed by atoms with Gasteiger partial charge in [-0.25, -0.2) is 14.4 Å². The number of benzene rings is 1. The van der Waals surface area contributed by atoms with E-state index in [1.54, 1.807) is 48.2 Å². The zero-order valence-electron chi connectivity index (χ0n) is 18.0. The minimum atomic E-state index is -0.906. The Balaban J connectivity index is 1.61. The van der Waals surface area contributed by atoms with E-state index in [4.69, 9.17) is 13.9 Å². The maximum absolute atomic E-state index is 12.9. The molecule has 3 amide bonds. The monoisotopic (exact) mass is 453 g/mol. The molecule has 0 radical (unpaired) electrons. The Kier molecular flexibility index (Phi) is 6.43. The highest BCUT2D eigenvalue weighted by Gasteiger charge is 2.36. The van der Waals surface area contributed by atoms with Crippen LogP contribution in [-0.2, 0) is 19.1 Å². The van der Waals surface area contributed by atoms with Crippen molar-refractivity contribution in [2.75, 3.05) is 24.7 Å². The average molecular weight is 453 g/mol. The number of para-hydroxylation sites is 1. The standard InChI is InChI=1S/C23H23N3O7/c1-2-31-22(29)19-15(24-23(30)25-20(19)17-9-6-12-32-17)13-33-21(28)14-7-3-4-8-16(14)26-11-5-10-18(26)27/h3-4,6-9,12,20H,2,5,10-11,13H2,1H3,(H2,24,25,30). The Hall–Kier alpha value is -4.08. The summed E-state index contributed by atoms with van der Waals surface area (Å²) >= 11 is 0. The molecule has 2 aliphatic heterocycles. The van der Waals surface area contributed by atoms with Crippen molar-refractivity contribution >= 4 is 29.6 Å². The Morgan fingerprint density at radius 1 is 1.12 bits per heavy atom. The van der Waals surface area contributed by atoms with Gasteiger partial charge in [-0.1, -0.05) is 12.1 Å². The minimum Gasteiger partial charge on any atom is -0.467 e. The summed E-state index contributed by atoms with van der Waals surface area (Å²) in [4.78, 5) is 51.6. The van der Waals surface area contributed by atoms with Crippen molar-refractivity contribution in [3.05, 3.63) is 65.3 Å². The predicted octanol–water partition coefficient (Wildman–Crippen LogP) is 2.43. The van der Waals surface area contributed by atoms with Crippen LogP contribution in [0.2, 0.25) is 0 Å². The Morgan fingerprint density at radius 3 is 2.64 bits per heavy atom. The van der Waals surface area contributed by atoms with Gasteiger partial charge in [0.15, 0.2) is 0 Å². The summed E-state index contributed by atoms with van der Waals surface area (Å²) in [5, 5.41) is 5.15. The van der Waals surface area contributed by atoms with Crippen LogP contribution >= 0.6 is 0 Å². The van der Waals surface area contributed by atoms with Crippen LogP contribution in [-0.4, -0.2) is 43.6 Å². The summed E-state index contributed by atoms with van der Waals surface area (Å²) in [6, 6.07) is 8.40. The van der Waals surface area contributed by atoms with E-state index >= 15 is 0 Å². The van der Waals surface area contributed by atoms with Crippen molar-refractivity contribution in [1.29, 1.82) is 0 Å². The van der Waals surface area contributed by atoms with E-state index in [1.807, 2.05) is 0 Å². The molecule has 0 saturated carbocycles. The molecule has 33 heavy (non-hydrogen) atoms. The van der Waals surface area contributed by atoms with Crippen LogP contribution in [0.25, 0.3) is 0 Å². The summed E-state index contributed by atoms with van der Waals surface area (Å²) in [5.41, 5.74) is 0.838. The molecule has 10 heteroatoms. The lowest BCUT2D eigenvalue weighted by Gasteiger charge is -2.27. The SMILES string of the molecule is CCOC(=O)C1=C(COC(=O)c2ccccc2N2CCCC2=O)NC(=O)NC1c1ccco1. The number of esters is 2. The maximum atomic E-state index is 12.9. The van der Waals surface area contributed by atoms with Crippen LogP contribution in [0.15, 0.2) is 58.3 Å². The van der Waals surface area contributed by atoms with E-state index in [1.165, 1.54) is 6.26 Å². The quantitative estimate of drug-likeness (QED) is 0.617. The first-order valence-electron chi connectivity index (χ1n) is 10.6. The molecule has 2 aliphatic rings. The van der Waals surface area contributed by atoms with Gasteiger partial charge in [0.25, 0.3) is 0 Å². The number of furan rings is 1. The molecule has 1 fully saturated rings. The predicted molar refractivity (Wildman–Crippen MR) is 115 cm³/mol. The van der Waals surface area contributed by atoms with Gasteiger partial charge in [0.05, 0.1) is 35.4 Å². The summed E-state index contributed by atoms with van der Waals surface area (Å²) in [6.07, 6.45) is 2.56. The number of anilines is 1. The second-order valence-electron chi connectivity index (χ2n) is 7.40. The second kappa shape index (κ2) is 9.60. The Labute approximate surface area is 189 Å². The minimum absolute atomic E-state index is 0.0607. The fourth-order valence-corrected chi connectivity index (χ4v) is 3.85. The van der Waals surface area contributed by atoms with E-state index in [0.717, 1.165) is 0 Å². The largest absolute Gasteiger partial charge is 0.467 e. The zero-order chi connectivity index (χ0) is 23.4. The molecule has 1 saturated heterocycles. The van der Waals surface area contributed by atoms with Crippen LogP contribution in [0.5, 0.6) is 0 Å². The maximum Gasteiger partial charge on any atom is 0.340 e. The van der Waals surface area contributed by atoms with Gasteiger partial charge in [-0.15, -0.1) is 0 Å². The number of rotatable bonds is 7. The molecule has 1 atom stereocenters. The molecular weight excluding hydrogens is 430 g/mol. The van der Waals surface area contributed by atoms with Gasteiger partial charge in [0.2, 0.25) is 5.91 Å². The molecule has 172 valence electrons. The number of nitrogens with one attached hydrogen (secondary N) is 2. The number of carbonyl (C=O) groups excluding carboxylic acids is 4. The van der Waals surface area contributed by atoms with E-state index in [0.29, 0.717) is 30.8 Å². The number of urea groups is 1. The van der Waals surface area contributed by atoms with Gasteiger partial charge in [-0.2, -0.15) is 0 Å².